The van der Waals surface area contributed by atoms with Crippen molar-refractivity contribution in [1.29, 1.82) is 0 Å². The molecule has 0 bridgehead atoms. The molecule has 90 valence electrons. The molecule has 1 aliphatic rings. The Kier molecular flexibility index (Phi) is 3.27. The highest BCUT2D eigenvalue weighted by molar-refractivity contribution is 5.72. The van der Waals surface area contributed by atoms with Crippen LogP contribution in [0.4, 0.5) is 4.79 Å². The number of nitrogens with two attached hydrogens (primary N) is 1. The monoisotopic (exact) mass is 235 g/mol. The third-order valence-electron chi connectivity index (χ3n) is 2.69. The van der Waals surface area contributed by atoms with Gasteiger partial charge in [-0.2, -0.15) is 0 Å². The third kappa shape index (κ3) is 2.75. The molecule has 0 aliphatic carbocycles. The van der Waals surface area contributed by atoms with Crippen LogP contribution >= 0.6 is 0 Å². The molecule has 2 unspecified atom stereocenters. The maximum absolute atomic E-state index is 11.1. The van der Waals surface area contributed by atoms with Crippen LogP contribution in [-0.2, 0) is 14.3 Å². The van der Waals surface area contributed by atoms with Gasteiger partial charge in [-0.05, 0) is 5.56 Å². The van der Waals surface area contributed by atoms with E-state index in [0.29, 0.717) is 0 Å². The summed E-state index contributed by atoms with van der Waals surface area (Å²) >= 11 is 0. The topological polar surface area (TPSA) is 78.6 Å². The average molecular weight is 235 g/mol. The number of carbonyl (C=O) groups excluding carboxylic acids is 2. The Morgan fingerprint density at radius 2 is 2.12 bits per heavy atom. The summed E-state index contributed by atoms with van der Waals surface area (Å²) in [6.45, 7) is 0.256. The molecule has 1 aromatic rings. The molecule has 1 aromatic carbocycles. The molecule has 1 heterocycles. The van der Waals surface area contributed by atoms with Crippen molar-refractivity contribution in [2.75, 3.05) is 6.61 Å². The van der Waals surface area contributed by atoms with Gasteiger partial charge in [-0.3, -0.25) is 4.79 Å². The first kappa shape index (κ1) is 11.4. The van der Waals surface area contributed by atoms with Crippen LogP contribution in [0.5, 0.6) is 0 Å². The van der Waals surface area contributed by atoms with E-state index in [2.05, 4.69) is 0 Å². The van der Waals surface area contributed by atoms with E-state index < -0.39 is 12.2 Å². The van der Waals surface area contributed by atoms with Gasteiger partial charge in [-0.25, -0.2) is 4.79 Å². The molecular formula is C12H13NO4. The number of primary amides is 1. The van der Waals surface area contributed by atoms with Crippen molar-refractivity contribution >= 4 is 12.1 Å². The zero-order valence-corrected chi connectivity index (χ0v) is 9.17. The average Bonchev–Trinajstić information content (AvgIpc) is 2.73. The van der Waals surface area contributed by atoms with Crippen molar-refractivity contribution in [1.82, 2.24) is 0 Å². The standard InChI is InChI=1S/C12H13NO4/c13-12(15)17-11(8-4-2-1-3-5-8)9-6-10(14)16-7-9/h1-5,9,11H,6-7H2,(H2,13,15). The lowest BCUT2D eigenvalue weighted by Gasteiger charge is -2.21. The van der Waals surface area contributed by atoms with Gasteiger partial charge in [0.2, 0.25) is 0 Å². The molecule has 2 rings (SSSR count). The van der Waals surface area contributed by atoms with Crippen molar-refractivity contribution in [3.63, 3.8) is 0 Å². The maximum atomic E-state index is 11.1. The second-order valence-electron chi connectivity index (χ2n) is 3.92. The first-order valence-corrected chi connectivity index (χ1v) is 5.33. The Balaban J connectivity index is 2.19. The fourth-order valence-corrected chi connectivity index (χ4v) is 1.93. The van der Waals surface area contributed by atoms with Gasteiger partial charge < -0.3 is 15.2 Å². The molecule has 5 nitrogen and oxygen atoms in total. The molecule has 5 heteroatoms. The van der Waals surface area contributed by atoms with Crippen molar-refractivity contribution in [3.8, 4) is 0 Å². The van der Waals surface area contributed by atoms with Gasteiger partial charge in [0.15, 0.2) is 0 Å². The SMILES string of the molecule is NC(=O)OC(c1ccccc1)C1COC(=O)C1. The number of benzene rings is 1. The summed E-state index contributed by atoms with van der Waals surface area (Å²) in [5.74, 6) is -0.443. The molecule has 1 saturated heterocycles. The largest absolute Gasteiger partial charge is 0.465 e. The van der Waals surface area contributed by atoms with Crippen LogP contribution in [0, 0.1) is 5.92 Å². The van der Waals surface area contributed by atoms with Gasteiger partial charge in [0.05, 0.1) is 13.0 Å². The fraction of sp³-hybridized carbons (Fsp3) is 0.333. The molecular weight excluding hydrogens is 222 g/mol. The zero-order chi connectivity index (χ0) is 12.3. The molecule has 17 heavy (non-hydrogen) atoms. The third-order valence-corrected chi connectivity index (χ3v) is 2.69. The highest BCUT2D eigenvalue weighted by Crippen LogP contribution is 2.32. The van der Waals surface area contributed by atoms with Gasteiger partial charge in [0, 0.05) is 5.92 Å². The second-order valence-corrected chi connectivity index (χ2v) is 3.92. The fourth-order valence-electron chi connectivity index (χ4n) is 1.93. The summed E-state index contributed by atoms with van der Waals surface area (Å²) in [5.41, 5.74) is 5.86. The maximum Gasteiger partial charge on any atom is 0.405 e. The van der Waals surface area contributed by atoms with E-state index in [9.17, 15) is 9.59 Å². The Morgan fingerprint density at radius 3 is 2.65 bits per heavy atom. The lowest BCUT2D eigenvalue weighted by molar-refractivity contribution is -0.137. The molecule has 1 aliphatic heterocycles. The van der Waals surface area contributed by atoms with E-state index in [4.69, 9.17) is 15.2 Å². The summed E-state index contributed by atoms with van der Waals surface area (Å²) in [5, 5.41) is 0. The number of hydrogen-bond acceptors (Lipinski definition) is 4. The lowest BCUT2D eigenvalue weighted by Crippen LogP contribution is -2.23. The lowest BCUT2D eigenvalue weighted by atomic mass is 9.95. The minimum Gasteiger partial charge on any atom is -0.465 e. The van der Waals surface area contributed by atoms with E-state index in [1.165, 1.54) is 0 Å². The predicted molar refractivity (Wildman–Crippen MR) is 58.9 cm³/mol. The highest BCUT2D eigenvalue weighted by Gasteiger charge is 2.34. The highest BCUT2D eigenvalue weighted by atomic mass is 16.6. The number of ether oxygens (including phenoxy) is 2. The van der Waals surface area contributed by atoms with Crippen molar-refractivity contribution in [2.45, 2.75) is 12.5 Å². The van der Waals surface area contributed by atoms with Crippen LogP contribution < -0.4 is 5.73 Å². The number of rotatable bonds is 3. The van der Waals surface area contributed by atoms with Gasteiger partial charge in [0.1, 0.15) is 6.10 Å². The smallest absolute Gasteiger partial charge is 0.405 e. The van der Waals surface area contributed by atoms with E-state index in [0.717, 1.165) is 5.56 Å². The van der Waals surface area contributed by atoms with Crippen LogP contribution in [0.25, 0.3) is 0 Å². The summed E-state index contributed by atoms with van der Waals surface area (Å²) in [4.78, 5) is 22.0. The van der Waals surface area contributed by atoms with Gasteiger partial charge in [-0.15, -0.1) is 0 Å². The first-order valence-electron chi connectivity index (χ1n) is 5.33. The van der Waals surface area contributed by atoms with Gasteiger partial charge in [0.25, 0.3) is 0 Å². The Bertz CT molecular complexity index is 418. The number of carbonyl (C=O) groups is 2. The van der Waals surface area contributed by atoms with E-state index >= 15 is 0 Å². The van der Waals surface area contributed by atoms with Crippen LogP contribution in [0.15, 0.2) is 30.3 Å². The zero-order valence-electron chi connectivity index (χ0n) is 9.17. The molecule has 2 N–H and O–H groups in total. The van der Waals surface area contributed by atoms with Crippen LogP contribution in [0.3, 0.4) is 0 Å². The van der Waals surface area contributed by atoms with Gasteiger partial charge >= 0.3 is 12.1 Å². The Labute approximate surface area is 98.5 Å². The minimum absolute atomic E-state index is 0.169. The Hall–Kier alpha value is -2.04. The first-order chi connectivity index (χ1) is 8.16. The molecule has 1 amide bonds. The molecule has 2 atom stereocenters. The predicted octanol–water partition coefficient (Wildman–Crippen LogP) is 1.39. The number of cyclic esters (lactones) is 1. The quantitative estimate of drug-likeness (QED) is 0.803. The minimum atomic E-state index is -0.849. The molecule has 0 saturated carbocycles. The number of amides is 1. The van der Waals surface area contributed by atoms with Crippen molar-refractivity contribution in [2.24, 2.45) is 11.7 Å². The molecule has 0 spiro atoms. The summed E-state index contributed by atoms with van der Waals surface area (Å²) in [6, 6.07) is 9.20. The summed E-state index contributed by atoms with van der Waals surface area (Å²) in [7, 11) is 0. The van der Waals surface area contributed by atoms with Crippen LogP contribution in [0.2, 0.25) is 0 Å². The normalized spacial score (nSPS) is 20.7. The van der Waals surface area contributed by atoms with E-state index in [1.54, 1.807) is 0 Å². The second kappa shape index (κ2) is 4.86. The van der Waals surface area contributed by atoms with E-state index in [1.807, 2.05) is 30.3 Å². The molecule has 1 fully saturated rings. The Morgan fingerprint density at radius 1 is 1.41 bits per heavy atom. The molecule has 0 radical (unpaired) electrons. The number of esters is 1. The van der Waals surface area contributed by atoms with Crippen molar-refractivity contribution < 1.29 is 19.1 Å². The van der Waals surface area contributed by atoms with Crippen molar-refractivity contribution in [3.05, 3.63) is 35.9 Å². The summed E-state index contributed by atoms with van der Waals surface area (Å²) < 4.78 is 9.95. The molecule has 0 aromatic heterocycles. The van der Waals surface area contributed by atoms with Gasteiger partial charge in [-0.1, -0.05) is 30.3 Å². The van der Waals surface area contributed by atoms with E-state index in [-0.39, 0.29) is 24.9 Å². The summed E-state index contributed by atoms with van der Waals surface area (Å²) in [6.07, 6.45) is -1.13. The van der Waals surface area contributed by atoms with Crippen LogP contribution in [-0.4, -0.2) is 18.7 Å². The van der Waals surface area contributed by atoms with Crippen LogP contribution in [0.1, 0.15) is 18.1 Å². The number of hydrogen-bond donors (Lipinski definition) is 1.